The molecule has 1 amide bonds. The molecule has 5 heteroatoms. The molecule has 1 saturated carbocycles. The topological polar surface area (TPSA) is 41.6 Å². The maximum absolute atomic E-state index is 12.8. The van der Waals surface area contributed by atoms with Gasteiger partial charge in [0, 0.05) is 12.6 Å². The normalized spacial score (nSPS) is 28.4. The Balaban J connectivity index is 1.70. The molecule has 0 radical (unpaired) electrons. The van der Waals surface area contributed by atoms with E-state index in [9.17, 15) is 4.79 Å². The second-order valence-electron chi connectivity index (χ2n) is 8.64. The minimum atomic E-state index is -0.136. The Labute approximate surface area is 174 Å². The van der Waals surface area contributed by atoms with Gasteiger partial charge in [0.15, 0.2) is 0 Å². The van der Waals surface area contributed by atoms with Crippen molar-refractivity contribution >= 4 is 18.0 Å². The summed E-state index contributed by atoms with van der Waals surface area (Å²) in [6.07, 6.45) is 10.2. The summed E-state index contributed by atoms with van der Waals surface area (Å²) in [7, 11) is 0. The van der Waals surface area contributed by atoms with Crippen LogP contribution in [0.3, 0.4) is 0 Å². The van der Waals surface area contributed by atoms with Gasteiger partial charge in [-0.05, 0) is 69.6 Å². The minimum absolute atomic E-state index is 0.0702. The van der Waals surface area contributed by atoms with Crippen molar-refractivity contribution in [3.63, 3.8) is 0 Å². The molecule has 3 rings (SSSR count). The van der Waals surface area contributed by atoms with Gasteiger partial charge in [-0.3, -0.25) is 4.72 Å². The summed E-state index contributed by atoms with van der Waals surface area (Å²) in [6.45, 7) is 4.68. The molecule has 1 aliphatic carbocycles. The smallest absolute Gasteiger partial charge is 0.410 e. The summed E-state index contributed by atoms with van der Waals surface area (Å²) in [5, 5.41) is 0. The number of carbonyl (C=O) groups excluding carboxylic acids is 1. The summed E-state index contributed by atoms with van der Waals surface area (Å²) in [6, 6.07) is 11.5. The number of nitrogens with zero attached hydrogens (tertiary/aromatic N) is 1. The maximum Gasteiger partial charge on any atom is 0.410 e. The number of rotatable bonds is 6. The zero-order chi connectivity index (χ0) is 19.9. The van der Waals surface area contributed by atoms with Gasteiger partial charge in [0.25, 0.3) is 0 Å². The number of nitrogens with one attached hydrogen (secondary N) is 1. The number of carbonyl (C=O) groups is 1. The summed E-state index contributed by atoms with van der Waals surface area (Å²) in [4.78, 5) is 14.8. The molecule has 0 aromatic heterocycles. The quantitative estimate of drug-likeness (QED) is 0.627. The largest absolute Gasteiger partial charge is 0.447 e. The molecule has 2 fully saturated rings. The van der Waals surface area contributed by atoms with E-state index in [4.69, 9.17) is 4.74 Å². The van der Waals surface area contributed by atoms with Crippen LogP contribution in [0, 0.1) is 5.92 Å². The van der Waals surface area contributed by atoms with Gasteiger partial charge in [-0.15, -0.1) is 0 Å². The van der Waals surface area contributed by atoms with Crippen molar-refractivity contribution in [3.8, 4) is 0 Å². The molecule has 1 aromatic carbocycles. The Bertz CT molecular complexity index is 608. The van der Waals surface area contributed by atoms with E-state index in [1.807, 2.05) is 18.7 Å². The Morgan fingerprint density at radius 1 is 1.21 bits per heavy atom. The van der Waals surface area contributed by atoms with Crippen molar-refractivity contribution in [1.82, 2.24) is 9.62 Å². The van der Waals surface area contributed by atoms with E-state index in [-0.39, 0.29) is 18.2 Å². The van der Waals surface area contributed by atoms with Crippen molar-refractivity contribution in [2.75, 3.05) is 12.8 Å². The van der Waals surface area contributed by atoms with Gasteiger partial charge >= 0.3 is 6.09 Å². The van der Waals surface area contributed by atoms with E-state index in [2.05, 4.69) is 41.3 Å². The highest BCUT2D eigenvalue weighted by atomic mass is 32.2. The average molecular weight is 405 g/mol. The zero-order valence-electron chi connectivity index (χ0n) is 17.6. The lowest BCUT2D eigenvalue weighted by Crippen LogP contribution is -2.55. The van der Waals surface area contributed by atoms with Crippen LogP contribution in [-0.4, -0.2) is 42.0 Å². The van der Waals surface area contributed by atoms with Crippen LogP contribution in [-0.2, 0) is 4.74 Å². The number of hydrogen-bond acceptors (Lipinski definition) is 4. The molecular weight excluding hydrogens is 368 g/mol. The van der Waals surface area contributed by atoms with E-state index in [0.29, 0.717) is 17.9 Å². The highest BCUT2D eigenvalue weighted by Crippen LogP contribution is 2.39. The number of piperidine rings is 1. The molecular formula is C23H36N2O2S. The second-order valence-corrected chi connectivity index (χ2v) is 9.28. The van der Waals surface area contributed by atoms with Crippen LogP contribution in [0.4, 0.5) is 4.79 Å². The van der Waals surface area contributed by atoms with Gasteiger partial charge in [0.1, 0.15) is 0 Å². The van der Waals surface area contributed by atoms with Crippen LogP contribution in [0.2, 0.25) is 0 Å². The average Bonchev–Trinajstić information content (AvgIpc) is 2.70. The fourth-order valence-electron chi connectivity index (χ4n) is 5.01. The number of ether oxygens (including phenoxy) is 1. The first-order valence-electron chi connectivity index (χ1n) is 10.9. The van der Waals surface area contributed by atoms with Gasteiger partial charge < -0.3 is 9.64 Å². The highest BCUT2D eigenvalue weighted by molar-refractivity contribution is 7.96. The summed E-state index contributed by atoms with van der Waals surface area (Å²) < 4.78 is 9.15. The monoisotopic (exact) mass is 404 g/mol. The van der Waals surface area contributed by atoms with Crippen molar-refractivity contribution in [2.45, 2.75) is 82.9 Å². The Morgan fingerprint density at radius 2 is 2.00 bits per heavy atom. The third-order valence-corrected chi connectivity index (χ3v) is 6.79. The third-order valence-electron chi connectivity index (χ3n) is 6.25. The first-order chi connectivity index (χ1) is 13.6. The predicted molar refractivity (Wildman–Crippen MR) is 118 cm³/mol. The number of amides is 1. The lowest BCUT2D eigenvalue weighted by Gasteiger charge is -2.43. The molecule has 1 aliphatic heterocycles. The van der Waals surface area contributed by atoms with Crippen molar-refractivity contribution in [1.29, 1.82) is 0 Å². The minimum Gasteiger partial charge on any atom is -0.447 e. The van der Waals surface area contributed by atoms with E-state index >= 15 is 0 Å². The molecule has 3 unspecified atom stereocenters. The second kappa shape index (κ2) is 10.5. The molecule has 156 valence electrons. The molecule has 1 N–H and O–H groups in total. The molecule has 28 heavy (non-hydrogen) atoms. The number of likely N-dealkylation sites (tertiary alicyclic amines) is 1. The maximum atomic E-state index is 12.8. The SMILES string of the molecule is CSNC1CCCN(C(=O)OC(C)C)C1CC1CCC[C@H](c2ccccc2)C1. The van der Waals surface area contributed by atoms with Gasteiger partial charge in [-0.1, -0.05) is 55.1 Å². The highest BCUT2D eigenvalue weighted by Gasteiger charge is 2.37. The first-order valence-corrected chi connectivity index (χ1v) is 12.1. The van der Waals surface area contributed by atoms with Crippen LogP contribution in [0.1, 0.15) is 70.3 Å². The van der Waals surface area contributed by atoms with Crippen molar-refractivity contribution < 1.29 is 9.53 Å². The molecule has 0 spiro atoms. The molecule has 0 bridgehead atoms. The summed E-state index contributed by atoms with van der Waals surface area (Å²) >= 11 is 1.67. The molecule has 2 aliphatic rings. The molecule has 1 heterocycles. The van der Waals surface area contributed by atoms with Gasteiger partial charge in [0.05, 0.1) is 12.1 Å². The van der Waals surface area contributed by atoms with E-state index in [1.54, 1.807) is 11.9 Å². The fourth-order valence-corrected chi connectivity index (χ4v) is 5.59. The van der Waals surface area contributed by atoms with E-state index in [0.717, 1.165) is 25.8 Å². The van der Waals surface area contributed by atoms with Gasteiger partial charge in [-0.2, -0.15) is 0 Å². The third kappa shape index (κ3) is 5.66. The van der Waals surface area contributed by atoms with E-state index in [1.165, 1.54) is 31.2 Å². The number of hydrogen-bond donors (Lipinski definition) is 1. The molecule has 1 saturated heterocycles. The predicted octanol–water partition coefficient (Wildman–Crippen LogP) is 5.60. The molecule has 4 nitrogen and oxygen atoms in total. The lowest BCUT2D eigenvalue weighted by molar-refractivity contribution is 0.0381. The van der Waals surface area contributed by atoms with Gasteiger partial charge in [-0.25, -0.2) is 4.79 Å². The van der Waals surface area contributed by atoms with Crippen LogP contribution in [0.15, 0.2) is 30.3 Å². The van der Waals surface area contributed by atoms with Crippen LogP contribution in [0.25, 0.3) is 0 Å². The summed E-state index contributed by atoms with van der Waals surface area (Å²) in [5.74, 6) is 1.33. The number of benzene rings is 1. The molecule has 1 aromatic rings. The Kier molecular flexibility index (Phi) is 8.10. The van der Waals surface area contributed by atoms with Crippen LogP contribution < -0.4 is 4.72 Å². The zero-order valence-corrected chi connectivity index (χ0v) is 18.4. The first kappa shape index (κ1) is 21.5. The Morgan fingerprint density at radius 3 is 2.71 bits per heavy atom. The van der Waals surface area contributed by atoms with Crippen LogP contribution >= 0.6 is 11.9 Å². The standard InChI is InChI=1S/C23H36N2O2S/c1-17(2)27-23(26)25-14-8-13-21(24-28-3)22(25)16-18-9-7-12-20(15-18)19-10-5-4-6-11-19/h4-6,10-11,17-18,20-22,24H,7-9,12-16H2,1-3H3/t18?,20-,21?,22?/m0/s1. The van der Waals surface area contributed by atoms with Crippen molar-refractivity contribution in [3.05, 3.63) is 35.9 Å². The lowest BCUT2D eigenvalue weighted by atomic mass is 9.74. The van der Waals surface area contributed by atoms with E-state index < -0.39 is 0 Å². The van der Waals surface area contributed by atoms with Crippen molar-refractivity contribution in [2.24, 2.45) is 5.92 Å². The molecule has 4 atom stereocenters. The van der Waals surface area contributed by atoms with Gasteiger partial charge in [0.2, 0.25) is 0 Å². The Hall–Kier alpha value is -1.20. The summed E-state index contributed by atoms with van der Waals surface area (Å²) in [5.41, 5.74) is 1.48. The fraction of sp³-hybridized carbons (Fsp3) is 0.696. The van der Waals surface area contributed by atoms with Crippen LogP contribution in [0.5, 0.6) is 0 Å².